The minimum atomic E-state index is -0.428. The van der Waals surface area contributed by atoms with E-state index in [2.05, 4.69) is 0 Å². The molecule has 0 unspecified atom stereocenters. The Hall–Kier alpha value is -1.69. The lowest BCUT2D eigenvalue weighted by Crippen LogP contribution is -2.13. The molecule has 1 aromatic carbocycles. The minimum absolute atomic E-state index is 0.102. The molecule has 100 valence electrons. The molecule has 1 fully saturated rings. The van der Waals surface area contributed by atoms with Gasteiger partial charge in [-0.3, -0.25) is 0 Å². The van der Waals surface area contributed by atoms with Crippen LogP contribution in [0.5, 0.6) is 0 Å². The molecule has 1 aliphatic carbocycles. The molecule has 0 aromatic heterocycles. The van der Waals surface area contributed by atoms with Gasteiger partial charge in [-0.05, 0) is 61.6 Å². The predicted octanol–water partition coefficient (Wildman–Crippen LogP) is 4.84. The van der Waals surface area contributed by atoms with Gasteiger partial charge >= 0.3 is 0 Å². The summed E-state index contributed by atoms with van der Waals surface area (Å²) in [5.41, 5.74) is 1.08. The Morgan fingerprint density at radius 3 is 2.58 bits per heavy atom. The summed E-state index contributed by atoms with van der Waals surface area (Å²) in [6.45, 7) is 0. The Bertz CT molecular complexity index is 494. The molecule has 0 amide bonds. The van der Waals surface area contributed by atoms with Crippen molar-refractivity contribution in [3.63, 3.8) is 0 Å². The first-order chi connectivity index (χ1) is 9.24. The molecule has 0 aliphatic heterocycles. The van der Waals surface area contributed by atoms with E-state index < -0.39 is 5.82 Å². The molecule has 2 rings (SSSR count). The Morgan fingerprint density at radius 1 is 1.26 bits per heavy atom. The van der Waals surface area contributed by atoms with Crippen LogP contribution in [0.1, 0.15) is 49.1 Å². The van der Waals surface area contributed by atoms with Crippen LogP contribution in [0.3, 0.4) is 0 Å². The third kappa shape index (κ3) is 3.41. The smallest absolute Gasteiger partial charge is 0.141 e. The van der Waals surface area contributed by atoms with Crippen molar-refractivity contribution in [2.45, 2.75) is 38.0 Å². The fourth-order valence-electron chi connectivity index (χ4n) is 2.85. The van der Waals surface area contributed by atoms with Gasteiger partial charge in [-0.15, -0.1) is 0 Å². The zero-order chi connectivity index (χ0) is 13.7. The topological polar surface area (TPSA) is 23.8 Å². The molecule has 3 heteroatoms. The first kappa shape index (κ1) is 13.7. The fraction of sp³-hybridized carbons (Fsp3) is 0.438. The Kier molecular flexibility index (Phi) is 4.68. The molecule has 0 saturated heterocycles. The molecular weight excluding hydrogens is 244 g/mol. The van der Waals surface area contributed by atoms with Crippen molar-refractivity contribution in [3.8, 4) is 6.07 Å². The molecular formula is C16H17F2N. The zero-order valence-corrected chi connectivity index (χ0v) is 10.8. The quantitative estimate of drug-likeness (QED) is 0.763. The monoisotopic (exact) mass is 261 g/mol. The van der Waals surface area contributed by atoms with E-state index in [9.17, 15) is 8.78 Å². The lowest BCUT2D eigenvalue weighted by atomic mass is 9.77. The van der Waals surface area contributed by atoms with Gasteiger partial charge in [0, 0.05) is 0 Å². The zero-order valence-electron chi connectivity index (χ0n) is 10.8. The van der Waals surface area contributed by atoms with E-state index in [1.807, 2.05) is 12.1 Å². The molecule has 1 saturated carbocycles. The fourth-order valence-corrected chi connectivity index (χ4v) is 2.85. The van der Waals surface area contributed by atoms with Gasteiger partial charge in [-0.1, -0.05) is 12.1 Å². The van der Waals surface area contributed by atoms with E-state index in [-0.39, 0.29) is 5.56 Å². The second kappa shape index (κ2) is 6.47. The van der Waals surface area contributed by atoms with E-state index >= 15 is 0 Å². The van der Waals surface area contributed by atoms with Gasteiger partial charge in [-0.25, -0.2) is 8.78 Å². The van der Waals surface area contributed by atoms with Crippen LogP contribution in [-0.2, 0) is 0 Å². The van der Waals surface area contributed by atoms with Gasteiger partial charge in [0.05, 0.1) is 11.9 Å². The third-order valence-corrected chi connectivity index (χ3v) is 3.99. The van der Waals surface area contributed by atoms with Crippen LogP contribution in [0.25, 0.3) is 0 Å². The van der Waals surface area contributed by atoms with Gasteiger partial charge in [0.25, 0.3) is 0 Å². The highest BCUT2D eigenvalue weighted by Gasteiger charge is 2.22. The number of allylic oxidation sites excluding steroid dienone is 1. The molecule has 1 aromatic rings. The van der Waals surface area contributed by atoms with Crippen LogP contribution in [-0.4, -0.2) is 0 Å². The van der Waals surface area contributed by atoms with Crippen LogP contribution in [0.2, 0.25) is 0 Å². The van der Waals surface area contributed by atoms with Crippen LogP contribution in [0.4, 0.5) is 8.78 Å². The summed E-state index contributed by atoms with van der Waals surface area (Å²) in [7, 11) is 0. The summed E-state index contributed by atoms with van der Waals surface area (Å²) in [5, 5.41) is 8.71. The van der Waals surface area contributed by atoms with Gasteiger partial charge in [0.2, 0.25) is 0 Å². The van der Waals surface area contributed by atoms with Crippen molar-refractivity contribution >= 4 is 0 Å². The van der Waals surface area contributed by atoms with Crippen molar-refractivity contribution in [1.29, 1.82) is 5.26 Å². The first-order valence-corrected chi connectivity index (χ1v) is 6.69. The molecule has 0 radical (unpaired) electrons. The summed E-state index contributed by atoms with van der Waals surface area (Å²) in [6.07, 6.45) is 7.11. The number of rotatable bonds is 3. The first-order valence-electron chi connectivity index (χ1n) is 6.69. The Morgan fingerprint density at radius 2 is 2.00 bits per heavy atom. The van der Waals surface area contributed by atoms with Crippen molar-refractivity contribution in [1.82, 2.24) is 0 Å². The van der Waals surface area contributed by atoms with Crippen LogP contribution < -0.4 is 0 Å². The second-order valence-corrected chi connectivity index (χ2v) is 5.17. The van der Waals surface area contributed by atoms with Crippen LogP contribution in [0, 0.1) is 23.1 Å². The molecule has 0 N–H and O–H groups in total. The maximum Gasteiger partial charge on any atom is 0.141 e. The number of hydrogen-bond acceptors (Lipinski definition) is 1. The van der Waals surface area contributed by atoms with Crippen molar-refractivity contribution < 1.29 is 8.78 Å². The van der Waals surface area contributed by atoms with Gasteiger partial charge in [0.15, 0.2) is 0 Å². The molecule has 0 bridgehead atoms. The molecule has 19 heavy (non-hydrogen) atoms. The Balaban J connectivity index is 1.98. The normalized spacial score (nSPS) is 23.4. The summed E-state index contributed by atoms with van der Waals surface area (Å²) < 4.78 is 25.5. The molecule has 0 heterocycles. The van der Waals surface area contributed by atoms with E-state index in [1.165, 1.54) is 6.07 Å². The number of benzene rings is 1. The third-order valence-electron chi connectivity index (χ3n) is 3.99. The van der Waals surface area contributed by atoms with Gasteiger partial charge in [0.1, 0.15) is 11.9 Å². The highest BCUT2D eigenvalue weighted by Crippen LogP contribution is 2.37. The number of nitriles is 1. The van der Waals surface area contributed by atoms with Gasteiger partial charge in [-0.2, -0.15) is 5.26 Å². The number of halogens is 2. The Labute approximate surface area is 112 Å². The number of nitrogens with zero attached hydrogens (tertiary/aromatic N) is 1. The van der Waals surface area contributed by atoms with Crippen LogP contribution in [0.15, 0.2) is 30.6 Å². The minimum Gasteiger partial charge on any atom is -0.216 e. The van der Waals surface area contributed by atoms with Crippen molar-refractivity contribution in [3.05, 3.63) is 47.5 Å². The summed E-state index contributed by atoms with van der Waals surface area (Å²) in [5.74, 6) is 0.488. The average molecular weight is 261 g/mol. The SMILES string of the molecule is N#Cc1ccc([C@H]2CC[C@H](C/C=C/F)CC2)cc1F. The number of hydrogen-bond donors (Lipinski definition) is 0. The lowest BCUT2D eigenvalue weighted by molar-refractivity contribution is 0.327. The molecule has 0 atom stereocenters. The highest BCUT2D eigenvalue weighted by atomic mass is 19.1. The van der Waals surface area contributed by atoms with Crippen molar-refractivity contribution in [2.75, 3.05) is 0 Å². The maximum absolute atomic E-state index is 13.6. The second-order valence-electron chi connectivity index (χ2n) is 5.17. The maximum atomic E-state index is 13.6. The van der Waals surface area contributed by atoms with E-state index in [1.54, 1.807) is 12.1 Å². The molecule has 1 aliphatic rings. The van der Waals surface area contributed by atoms with E-state index in [4.69, 9.17) is 5.26 Å². The largest absolute Gasteiger partial charge is 0.216 e. The summed E-state index contributed by atoms with van der Waals surface area (Å²) in [4.78, 5) is 0. The molecule has 1 nitrogen and oxygen atoms in total. The predicted molar refractivity (Wildman–Crippen MR) is 70.7 cm³/mol. The van der Waals surface area contributed by atoms with E-state index in [0.717, 1.165) is 37.7 Å². The highest BCUT2D eigenvalue weighted by molar-refractivity contribution is 5.34. The standard InChI is InChI=1S/C16H17F2N/c17-9-1-2-12-3-5-13(6-4-12)14-7-8-15(11-19)16(18)10-14/h1,7-10,12-13H,2-6H2/b9-1+/t12-,13-. The van der Waals surface area contributed by atoms with Crippen LogP contribution >= 0.6 is 0 Å². The van der Waals surface area contributed by atoms with E-state index in [0.29, 0.717) is 18.2 Å². The molecule has 0 spiro atoms. The van der Waals surface area contributed by atoms with Crippen molar-refractivity contribution in [2.24, 2.45) is 5.92 Å². The summed E-state index contributed by atoms with van der Waals surface area (Å²) >= 11 is 0. The lowest BCUT2D eigenvalue weighted by Gasteiger charge is -2.28. The van der Waals surface area contributed by atoms with Gasteiger partial charge < -0.3 is 0 Å². The summed E-state index contributed by atoms with van der Waals surface area (Å²) in [6, 6.07) is 6.74. The average Bonchev–Trinajstić information content (AvgIpc) is 2.45.